The predicted octanol–water partition coefficient (Wildman–Crippen LogP) is 12.0. The molecule has 0 saturated carbocycles. The smallest absolute Gasteiger partial charge is 0.124 e. The first kappa shape index (κ1) is 23.4. The topological polar surface area (TPSA) is 12.9 Å². The van der Waals surface area contributed by atoms with Crippen LogP contribution >= 0.6 is 34.0 Å². The summed E-state index contributed by atoms with van der Waals surface area (Å²) in [4.78, 5) is 5.30. The third kappa shape index (κ3) is 3.69. The van der Waals surface area contributed by atoms with Crippen LogP contribution in [0, 0.1) is 0 Å². The van der Waals surface area contributed by atoms with E-state index in [-0.39, 0.29) is 0 Å². The Kier molecular flexibility index (Phi) is 5.18. The predicted molar refractivity (Wildman–Crippen MR) is 182 cm³/mol. The number of thiazole rings is 1. The standard InChI is InChI=1S/C37H21NS3/c1-2-8-22(9-3-1)37-38-35-25(23-14-18-33-29(20-23)27-10-4-6-12-31(27)39-33)16-17-26(36(35)41-37)24-15-19-34-30(21-24)28-11-5-7-13-32(28)40-34/h1-21H. The van der Waals surface area contributed by atoms with E-state index in [2.05, 4.69) is 127 Å². The lowest BCUT2D eigenvalue weighted by molar-refractivity contribution is 1.47. The van der Waals surface area contributed by atoms with E-state index in [4.69, 9.17) is 4.98 Å². The van der Waals surface area contributed by atoms with Crippen molar-refractivity contribution in [3.05, 3.63) is 127 Å². The molecule has 0 saturated heterocycles. The van der Waals surface area contributed by atoms with Gasteiger partial charge in [-0.25, -0.2) is 4.98 Å². The molecular weight excluding hydrogens is 555 g/mol. The van der Waals surface area contributed by atoms with Gasteiger partial charge in [0.1, 0.15) is 5.01 Å². The zero-order valence-corrected chi connectivity index (χ0v) is 24.2. The molecule has 0 spiro atoms. The molecule has 6 aromatic carbocycles. The van der Waals surface area contributed by atoms with Crippen LogP contribution in [0.3, 0.4) is 0 Å². The summed E-state index contributed by atoms with van der Waals surface area (Å²) in [5, 5.41) is 6.34. The summed E-state index contributed by atoms with van der Waals surface area (Å²) in [6.45, 7) is 0. The van der Waals surface area contributed by atoms with Gasteiger partial charge in [0.05, 0.1) is 10.2 Å². The molecule has 3 heterocycles. The Bertz CT molecular complexity index is 2270. The highest BCUT2D eigenvalue weighted by atomic mass is 32.1. The molecule has 41 heavy (non-hydrogen) atoms. The molecule has 0 radical (unpaired) electrons. The lowest BCUT2D eigenvalue weighted by Crippen LogP contribution is -1.85. The average molecular weight is 576 g/mol. The molecule has 4 heteroatoms. The highest BCUT2D eigenvalue weighted by Crippen LogP contribution is 2.44. The van der Waals surface area contributed by atoms with E-state index in [1.807, 2.05) is 22.7 Å². The minimum atomic E-state index is 1.05. The largest absolute Gasteiger partial charge is 0.235 e. The molecule has 0 aliphatic heterocycles. The minimum Gasteiger partial charge on any atom is -0.235 e. The van der Waals surface area contributed by atoms with Gasteiger partial charge in [-0.15, -0.1) is 34.0 Å². The first-order valence-electron chi connectivity index (χ1n) is 13.6. The van der Waals surface area contributed by atoms with Crippen LogP contribution in [0.5, 0.6) is 0 Å². The Morgan fingerprint density at radius 3 is 1.59 bits per heavy atom. The molecular formula is C37H21NS3. The fourth-order valence-corrected chi connectivity index (χ4v) is 9.26. The maximum Gasteiger partial charge on any atom is 0.124 e. The fraction of sp³-hybridized carbons (Fsp3) is 0. The van der Waals surface area contributed by atoms with Crippen LogP contribution in [-0.2, 0) is 0 Å². The third-order valence-corrected chi connectivity index (χ3v) is 11.4. The molecule has 0 amide bonds. The Morgan fingerprint density at radius 2 is 0.927 bits per heavy atom. The molecule has 0 unspecified atom stereocenters. The molecule has 192 valence electrons. The van der Waals surface area contributed by atoms with E-state index in [1.165, 1.54) is 67.3 Å². The van der Waals surface area contributed by atoms with E-state index in [0.717, 1.165) is 16.1 Å². The number of rotatable bonds is 3. The summed E-state index contributed by atoms with van der Waals surface area (Å²) in [5.41, 5.74) is 7.09. The SMILES string of the molecule is c1ccc(-c2nc3c(-c4ccc5sc6ccccc6c5c4)ccc(-c4ccc5sc6ccccc6c5c4)c3s2)cc1. The van der Waals surface area contributed by atoms with Crippen molar-refractivity contribution in [2.24, 2.45) is 0 Å². The van der Waals surface area contributed by atoms with Crippen molar-refractivity contribution >= 4 is 84.6 Å². The van der Waals surface area contributed by atoms with E-state index in [9.17, 15) is 0 Å². The van der Waals surface area contributed by atoms with Crippen LogP contribution in [0.15, 0.2) is 127 Å². The van der Waals surface area contributed by atoms with Gasteiger partial charge in [0.15, 0.2) is 0 Å². The molecule has 9 aromatic rings. The monoisotopic (exact) mass is 575 g/mol. The van der Waals surface area contributed by atoms with Gasteiger partial charge in [-0.3, -0.25) is 0 Å². The quantitative estimate of drug-likeness (QED) is 0.204. The van der Waals surface area contributed by atoms with Gasteiger partial charge in [-0.2, -0.15) is 0 Å². The lowest BCUT2D eigenvalue weighted by Gasteiger charge is -2.09. The maximum atomic E-state index is 5.30. The maximum absolute atomic E-state index is 5.30. The zero-order valence-electron chi connectivity index (χ0n) is 21.8. The van der Waals surface area contributed by atoms with E-state index in [1.54, 1.807) is 11.3 Å². The van der Waals surface area contributed by atoms with Gasteiger partial charge in [0.25, 0.3) is 0 Å². The average Bonchev–Trinajstić information content (AvgIpc) is 3.74. The van der Waals surface area contributed by atoms with Crippen molar-refractivity contribution in [3.63, 3.8) is 0 Å². The minimum absolute atomic E-state index is 1.05. The van der Waals surface area contributed by atoms with Gasteiger partial charge < -0.3 is 0 Å². The van der Waals surface area contributed by atoms with Crippen LogP contribution < -0.4 is 0 Å². The van der Waals surface area contributed by atoms with Crippen molar-refractivity contribution in [1.82, 2.24) is 4.98 Å². The van der Waals surface area contributed by atoms with Crippen molar-refractivity contribution in [2.75, 3.05) is 0 Å². The summed E-state index contributed by atoms with van der Waals surface area (Å²) >= 11 is 5.52. The zero-order chi connectivity index (χ0) is 26.9. The molecule has 3 aromatic heterocycles. The summed E-state index contributed by atoms with van der Waals surface area (Å²) in [5.74, 6) is 0. The number of thiophene rings is 2. The first-order valence-corrected chi connectivity index (χ1v) is 16.1. The number of nitrogens with zero attached hydrogens (tertiary/aromatic N) is 1. The number of hydrogen-bond acceptors (Lipinski definition) is 4. The van der Waals surface area contributed by atoms with Crippen LogP contribution in [0.2, 0.25) is 0 Å². The summed E-state index contributed by atoms with van der Waals surface area (Å²) in [6.07, 6.45) is 0. The van der Waals surface area contributed by atoms with Crippen molar-refractivity contribution in [1.29, 1.82) is 0 Å². The Labute approximate surface area is 248 Å². The van der Waals surface area contributed by atoms with Gasteiger partial charge in [0.2, 0.25) is 0 Å². The first-order chi connectivity index (χ1) is 20.3. The second kappa shape index (κ2) is 9.08. The van der Waals surface area contributed by atoms with Gasteiger partial charge in [0, 0.05) is 57.0 Å². The van der Waals surface area contributed by atoms with Gasteiger partial charge in [-0.1, -0.05) is 91.0 Å². The van der Waals surface area contributed by atoms with Crippen LogP contribution in [0.1, 0.15) is 0 Å². The molecule has 0 aliphatic carbocycles. The number of benzene rings is 6. The van der Waals surface area contributed by atoms with Gasteiger partial charge >= 0.3 is 0 Å². The Morgan fingerprint density at radius 1 is 0.390 bits per heavy atom. The number of hydrogen-bond donors (Lipinski definition) is 0. The van der Waals surface area contributed by atoms with Crippen molar-refractivity contribution in [3.8, 4) is 32.8 Å². The molecule has 0 aliphatic rings. The molecule has 0 N–H and O–H groups in total. The highest BCUT2D eigenvalue weighted by Gasteiger charge is 2.18. The normalized spacial score (nSPS) is 11.9. The van der Waals surface area contributed by atoms with Crippen LogP contribution in [-0.4, -0.2) is 4.98 Å². The summed E-state index contributed by atoms with van der Waals surface area (Å²) in [7, 11) is 0. The fourth-order valence-electron chi connectivity index (χ4n) is 5.96. The van der Waals surface area contributed by atoms with Crippen LogP contribution in [0.4, 0.5) is 0 Å². The molecule has 1 nitrogen and oxygen atoms in total. The van der Waals surface area contributed by atoms with Crippen molar-refractivity contribution in [2.45, 2.75) is 0 Å². The third-order valence-electron chi connectivity index (χ3n) is 7.94. The summed E-state index contributed by atoms with van der Waals surface area (Å²) in [6, 6.07) is 46.4. The van der Waals surface area contributed by atoms with E-state index >= 15 is 0 Å². The second-order valence-electron chi connectivity index (χ2n) is 10.3. The molecule has 0 bridgehead atoms. The molecule has 9 rings (SSSR count). The Hall–Kier alpha value is -4.35. The van der Waals surface area contributed by atoms with Gasteiger partial charge in [-0.05, 0) is 47.5 Å². The number of aromatic nitrogens is 1. The van der Waals surface area contributed by atoms with E-state index in [0.29, 0.717) is 0 Å². The van der Waals surface area contributed by atoms with E-state index < -0.39 is 0 Å². The Balaban J connectivity index is 1.29. The molecule has 0 fully saturated rings. The lowest BCUT2D eigenvalue weighted by atomic mass is 9.97. The second-order valence-corrected chi connectivity index (χ2v) is 13.5. The summed E-state index contributed by atoms with van der Waals surface area (Å²) < 4.78 is 6.54. The van der Waals surface area contributed by atoms with Crippen molar-refractivity contribution < 1.29 is 0 Å². The number of fused-ring (bicyclic) bond motifs is 7. The van der Waals surface area contributed by atoms with Crippen LogP contribution in [0.25, 0.3) is 83.4 Å². The molecule has 0 atom stereocenters. The highest BCUT2D eigenvalue weighted by molar-refractivity contribution is 7.26.